The summed E-state index contributed by atoms with van der Waals surface area (Å²) in [6, 6.07) is 9.09. The molecule has 0 aliphatic carbocycles. The number of hydrogen-bond acceptors (Lipinski definition) is 6. The van der Waals surface area contributed by atoms with Crippen molar-refractivity contribution in [1.29, 1.82) is 0 Å². The number of nitrogens with zero attached hydrogens (tertiary/aromatic N) is 4. The Morgan fingerprint density at radius 3 is 2.16 bits per heavy atom. The molecule has 0 saturated heterocycles. The average molecular weight is 442 g/mol. The van der Waals surface area contributed by atoms with Crippen LogP contribution in [0.4, 0.5) is 0 Å². The number of hydrogen-bond donors (Lipinski definition) is 1. The van der Waals surface area contributed by atoms with E-state index in [1.54, 1.807) is 16.8 Å². The van der Waals surface area contributed by atoms with Crippen LogP contribution in [0.3, 0.4) is 0 Å². The van der Waals surface area contributed by atoms with Crippen LogP contribution in [0.25, 0.3) is 5.95 Å². The first kappa shape index (κ1) is 22.6. The summed E-state index contributed by atoms with van der Waals surface area (Å²) in [6.45, 7) is 7.96. The predicted molar refractivity (Wildman–Crippen MR) is 119 cm³/mol. The number of amides is 1. The highest BCUT2D eigenvalue weighted by atomic mass is 32.2. The lowest BCUT2D eigenvalue weighted by Crippen LogP contribution is -2.25. The molecule has 2 heterocycles. The predicted octanol–water partition coefficient (Wildman–Crippen LogP) is 2.30. The highest BCUT2D eigenvalue weighted by Crippen LogP contribution is 2.17. The Balaban J connectivity index is 1.66. The SMILES string of the molecule is Cc1cc(C)nc(-n2nc(C)c(CC(=O)NCc3ccc(CS(C)(=O)=O)cc3)c2C)n1. The van der Waals surface area contributed by atoms with Crippen LogP contribution in [0.1, 0.15) is 39.5 Å². The van der Waals surface area contributed by atoms with E-state index in [1.807, 2.05) is 45.9 Å². The molecule has 1 aromatic carbocycles. The zero-order valence-electron chi connectivity index (χ0n) is 18.4. The van der Waals surface area contributed by atoms with Gasteiger partial charge in [0.15, 0.2) is 9.84 Å². The van der Waals surface area contributed by atoms with Crippen LogP contribution in [0, 0.1) is 27.7 Å². The first-order chi connectivity index (χ1) is 14.5. The highest BCUT2D eigenvalue weighted by molar-refractivity contribution is 7.89. The van der Waals surface area contributed by atoms with Gasteiger partial charge in [-0.1, -0.05) is 24.3 Å². The van der Waals surface area contributed by atoms with Crippen LogP contribution in [-0.4, -0.2) is 40.3 Å². The van der Waals surface area contributed by atoms with Crippen LogP contribution in [0.2, 0.25) is 0 Å². The minimum Gasteiger partial charge on any atom is -0.352 e. The van der Waals surface area contributed by atoms with Crippen LogP contribution in [-0.2, 0) is 33.4 Å². The molecule has 3 rings (SSSR count). The molecular weight excluding hydrogens is 414 g/mol. The number of benzene rings is 1. The smallest absolute Gasteiger partial charge is 0.251 e. The molecule has 0 radical (unpaired) electrons. The van der Waals surface area contributed by atoms with E-state index in [0.717, 1.165) is 39.5 Å². The topological polar surface area (TPSA) is 107 Å². The van der Waals surface area contributed by atoms with E-state index in [9.17, 15) is 13.2 Å². The van der Waals surface area contributed by atoms with E-state index >= 15 is 0 Å². The third-order valence-electron chi connectivity index (χ3n) is 4.88. The van der Waals surface area contributed by atoms with E-state index in [2.05, 4.69) is 20.4 Å². The molecule has 1 N–H and O–H groups in total. The molecule has 0 aliphatic rings. The maximum atomic E-state index is 12.5. The van der Waals surface area contributed by atoms with Gasteiger partial charge < -0.3 is 5.32 Å². The van der Waals surface area contributed by atoms with Crippen LogP contribution < -0.4 is 5.32 Å². The second-order valence-electron chi connectivity index (χ2n) is 7.85. The average Bonchev–Trinajstić information content (AvgIpc) is 2.94. The molecular formula is C22H27N5O3S. The number of aryl methyl sites for hydroxylation is 3. The molecule has 9 heteroatoms. The summed E-state index contributed by atoms with van der Waals surface area (Å²) in [5, 5.41) is 7.45. The third kappa shape index (κ3) is 5.97. The quantitative estimate of drug-likeness (QED) is 0.603. The summed E-state index contributed by atoms with van der Waals surface area (Å²) in [4.78, 5) is 21.5. The van der Waals surface area contributed by atoms with Gasteiger partial charge in [0, 0.05) is 35.4 Å². The lowest BCUT2D eigenvalue weighted by Gasteiger charge is -2.08. The third-order valence-corrected chi connectivity index (χ3v) is 5.74. The second kappa shape index (κ2) is 8.97. The molecule has 0 bridgehead atoms. The largest absolute Gasteiger partial charge is 0.352 e. The summed E-state index contributed by atoms with van der Waals surface area (Å²) in [5.41, 5.74) is 5.80. The maximum absolute atomic E-state index is 12.5. The van der Waals surface area contributed by atoms with Crippen molar-refractivity contribution in [3.05, 3.63) is 69.8 Å². The Bertz CT molecular complexity index is 1190. The standard InChI is InChI=1S/C22H27N5O3S/c1-14-10-15(2)25-22(24-14)27-17(4)20(16(3)26-27)11-21(28)23-12-18-6-8-19(9-7-18)13-31(5,29)30/h6-10H,11-13H2,1-5H3,(H,23,28). The van der Waals surface area contributed by atoms with Crippen LogP contribution >= 0.6 is 0 Å². The Labute approximate surface area is 182 Å². The molecule has 2 aromatic heterocycles. The van der Waals surface area contributed by atoms with Gasteiger partial charge in [-0.15, -0.1) is 0 Å². The van der Waals surface area contributed by atoms with Crippen LogP contribution in [0.15, 0.2) is 30.3 Å². The van der Waals surface area contributed by atoms with E-state index in [-0.39, 0.29) is 18.1 Å². The Hall–Kier alpha value is -3.07. The van der Waals surface area contributed by atoms with E-state index in [0.29, 0.717) is 12.5 Å². The number of carbonyl (C=O) groups is 1. The van der Waals surface area contributed by atoms with Gasteiger partial charge in [-0.05, 0) is 44.9 Å². The molecule has 1 amide bonds. The van der Waals surface area contributed by atoms with Gasteiger partial charge in [0.2, 0.25) is 5.91 Å². The van der Waals surface area contributed by atoms with Crippen molar-refractivity contribution in [2.45, 2.75) is 46.4 Å². The minimum atomic E-state index is -3.07. The lowest BCUT2D eigenvalue weighted by atomic mass is 10.1. The number of carbonyl (C=O) groups excluding carboxylic acids is 1. The molecule has 0 aliphatic heterocycles. The number of nitrogens with one attached hydrogen (secondary N) is 1. The molecule has 0 atom stereocenters. The fraction of sp³-hybridized carbons (Fsp3) is 0.364. The highest BCUT2D eigenvalue weighted by Gasteiger charge is 2.17. The van der Waals surface area contributed by atoms with Crippen molar-refractivity contribution < 1.29 is 13.2 Å². The van der Waals surface area contributed by atoms with Gasteiger partial charge in [0.25, 0.3) is 5.95 Å². The molecule has 8 nitrogen and oxygen atoms in total. The summed E-state index contributed by atoms with van der Waals surface area (Å²) < 4.78 is 24.4. The van der Waals surface area contributed by atoms with Gasteiger partial charge in [-0.25, -0.2) is 23.1 Å². The fourth-order valence-corrected chi connectivity index (χ4v) is 4.21. The van der Waals surface area contributed by atoms with Gasteiger partial charge in [-0.3, -0.25) is 4.79 Å². The van der Waals surface area contributed by atoms with Crippen molar-refractivity contribution in [2.75, 3.05) is 6.26 Å². The molecule has 0 spiro atoms. The fourth-order valence-electron chi connectivity index (χ4n) is 3.41. The summed E-state index contributed by atoms with van der Waals surface area (Å²) >= 11 is 0. The van der Waals surface area contributed by atoms with Crippen molar-refractivity contribution in [3.63, 3.8) is 0 Å². The minimum absolute atomic E-state index is 0.00631. The number of sulfone groups is 1. The van der Waals surface area contributed by atoms with E-state index < -0.39 is 9.84 Å². The Kier molecular flexibility index (Phi) is 6.54. The van der Waals surface area contributed by atoms with Crippen molar-refractivity contribution in [1.82, 2.24) is 25.1 Å². The zero-order chi connectivity index (χ0) is 22.8. The first-order valence-electron chi connectivity index (χ1n) is 9.92. The number of rotatable bonds is 7. The molecule has 0 saturated carbocycles. The maximum Gasteiger partial charge on any atom is 0.251 e. The first-order valence-corrected chi connectivity index (χ1v) is 12.0. The summed E-state index contributed by atoms with van der Waals surface area (Å²) in [6.07, 6.45) is 1.41. The van der Waals surface area contributed by atoms with Crippen molar-refractivity contribution in [3.8, 4) is 5.95 Å². The van der Waals surface area contributed by atoms with Crippen molar-refractivity contribution in [2.24, 2.45) is 0 Å². The molecule has 0 unspecified atom stereocenters. The molecule has 164 valence electrons. The zero-order valence-corrected chi connectivity index (χ0v) is 19.2. The van der Waals surface area contributed by atoms with Crippen LogP contribution in [0.5, 0.6) is 0 Å². The van der Waals surface area contributed by atoms with E-state index in [4.69, 9.17) is 0 Å². The second-order valence-corrected chi connectivity index (χ2v) is 9.99. The summed E-state index contributed by atoms with van der Waals surface area (Å²) in [5.74, 6) is 0.387. The van der Waals surface area contributed by atoms with Gasteiger partial charge in [0.05, 0.1) is 17.9 Å². The Morgan fingerprint density at radius 2 is 1.58 bits per heavy atom. The summed E-state index contributed by atoms with van der Waals surface area (Å²) in [7, 11) is -3.07. The molecule has 31 heavy (non-hydrogen) atoms. The van der Waals surface area contributed by atoms with Gasteiger partial charge >= 0.3 is 0 Å². The molecule has 0 fully saturated rings. The number of aromatic nitrogens is 4. The molecule has 3 aromatic rings. The van der Waals surface area contributed by atoms with Crippen molar-refractivity contribution >= 4 is 15.7 Å². The lowest BCUT2D eigenvalue weighted by molar-refractivity contribution is -0.120. The normalized spacial score (nSPS) is 11.5. The Morgan fingerprint density at radius 1 is 1.00 bits per heavy atom. The van der Waals surface area contributed by atoms with Gasteiger partial charge in [-0.2, -0.15) is 5.10 Å². The monoisotopic (exact) mass is 441 g/mol. The van der Waals surface area contributed by atoms with Gasteiger partial charge in [0.1, 0.15) is 0 Å². The van der Waals surface area contributed by atoms with E-state index in [1.165, 1.54) is 6.26 Å².